The van der Waals surface area contributed by atoms with E-state index in [9.17, 15) is 10.1 Å². The molecule has 0 spiro atoms. The second-order valence-corrected chi connectivity index (χ2v) is 5.52. The topological polar surface area (TPSA) is 61.0 Å². The SMILES string of the molecule is CCc1nn(C)c(CC(Cl)CC(C)C)c1[N+](=O)[O-]. The molecule has 0 radical (unpaired) electrons. The van der Waals surface area contributed by atoms with Crippen molar-refractivity contribution in [2.75, 3.05) is 0 Å². The number of nitrogens with zero attached hydrogens (tertiary/aromatic N) is 3. The van der Waals surface area contributed by atoms with Gasteiger partial charge in [0.05, 0.1) is 4.92 Å². The average molecular weight is 274 g/mol. The molecule has 1 aromatic rings. The van der Waals surface area contributed by atoms with Crippen LogP contribution in [0.5, 0.6) is 0 Å². The average Bonchev–Trinajstić information content (AvgIpc) is 2.54. The minimum Gasteiger partial charge on any atom is -0.265 e. The lowest BCUT2D eigenvalue weighted by atomic mass is 10.0. The molecule has 0 amide bonds. The van der Waals surface area contributed by atoms with Gasteiger partial charge in [-0.25, -0.2) is 0 Å². The molecule has 1 heterocycles. The maximum atomic E-state index is 11.1. The molecule has 0 aliphatic rings. The molecular weight excluding hydrogens is 254 g/mol. The van der Waals surface area contributed by atoms with Crippen LogP contribution in [0, 0.1) is 16.0 Å². The Morgan fingerprint density at radius 1 is 1.50 bits per heavy atom. The van der Waals surface area contributed by atoms with E-state index in [1.54, 1.807) is 11.7 Å². The van der Waals surface area contributed by atoms with E-state index in [0.717, 1.165) is 6.42 Å². The molecule has 0 bridgehead atoms. The van der Waals surface area contributed by atoms with E-state index >= 15 is 0 Å². The highest BCUT2D eigenvalue weighted by atomic mass is 35.5. The van der Waals surface area contributed by atoms with Gasteiger partial charge in [-0.1, -0.05) is 20.8 Å². The van der Waals surface area contributed by atoms with Crippen LogP contribution < -0.4 is 0 Å². The van der Waals surface area contributed by atoms with Crippen LogP contribution in [0.4, 0.5) is 5.69 Å². The molecule has 0 saturated carbocycles. The molecule has 102 valence electrons. The standard InChI is InChI=1S/C12H20ClN3O2/c1-5-10-12(16(17)18)11(15(4)14-10)7-9(13)6-8(2)3/h8-9H,5-7H2,1-4H3. The summed E-state index contributed by atoms with van der Waals surface area (Å²) in [4.78, 5) is 10.8. The van der Waals surface area contributed by atoms with Gasteiger partial charge >= 0.3 is 5.69 Å². The van der Waals surface area contributed by atoms with Gasteiger partial charge in [0.1, 0.15) is 11.4 Å². The van der Waals surface area contributed by atoms with Crippen LogP contribution >= 0.6 is 11.6 Å². The van der Waals surface area contributed by atoms with Gasteiger partial charge < -0.3 is 0 Å². The zero-order chi connectivity index (χ0) is 13.9. The maximum absolute atomic E-state index is 11.1. The third-order valence-electron chi connectivity index (χ3n) is 2.87. The minimum atomic E-state index is -0.347. The first kappa shape index (κ1) is 15.0. The van der Waals surface area contributed by atoms with Crippen molar-refractivity contribution in [3.63, 3.8) is 0 Å². The molecule has 0 fully saturated rings. The van der Waals surface area contributed by atoms with Crippen molar-refractivity contribution in [2.24, 2.45) is 13.0 Å². The zero-order valence-electron chi connectivity index (χ0n) is 11.3. The van der Waals surface area contributed by atoms with Crippen LogP contribution in [0.25, 0.3) is 0 Å². The summed E-state index contributed by atoms with van der Waals surface area (Å²) >= 11 is 6.25. The predicted octanol–water partition coefficient (Wildman–Crippen LogP) is 3.09. The Morgan fingerprint density at radius 2 is 2.11 bits per heavy atom. The van der Waals surface area contributed by atoms with Crippen LogP contribution in [0.3, 0.4) is 0 Å². The number of hydrogen-bond donors (Lipinski definition) is 0. The van der Waals surface area contributed by atoms with Crippen LogP contribution in [0.15, 0.2) is 0 Å². The molecule has 0 N–H and O–H groups in total. The number of alkyl halides is 1. The number of nitro groups is 1. The quantitative estimate of drug-likeness (QED) is 0.455. The normalized spacial score (nSPS) is 13.0. The van der Waals surface area contributed by atoms with E-state index in [-0.39, 0.29) is 16.0 Å². The summed E-state index contributed by atoms with van der Waals surface area (Å²) in [6.07, 6.45) is 1.88. The third-order valence-corrected chi connectivity index (χ3v) is 3.20. The zero-order valence-corrected chi connectivity index (χ0v) is 12.1. The molecule has 0 aliphatic heterocycles. The first-order valence-electron chi connectivity index (χ1n) is 6.20. The van der Waals surface area contributed by atoms with Gasteiger partial charge in [0.25, 0.3) is 0 Å². The largest absolute Gasteiger partial charge is 0.313 e. The van der Waals surface area contributed by atoms with E-state index in [0.29, 0.717) is 30.1 Å². The van der Waals surface area contributed by atoms with Gasteiger partial charge in [-0.15, -0.1) is 11.6 Å². The first-order valence-corrected chi connectivity index (χ1v) is 6.63. The Bertz CT molecular complexity index is 429. The van der Waals surface area contributed by atoms with Crippen LogP contribution in [-0.2, 0) is 19.9 Å². The van der Waals surface area contributed by atoms with Crippen molar-refractivity contribution in [1.82, 2.24) is 9.78 Å². The van der Waals surface area contributed by atoms with Crippen molar-refractivity contribution in [3.8, 4) is 0 Å². The summed E-state index contributed by atoms with van der Waals surface area (Å²) in [6, 6.07) is 0. The predicted molar refractivity (Wildman–Crippen MR) is 72.0 cm³/mol. The first-order chi connectivity index (χ1) is 8.36. The highest BCUT2D eigenvalue weighted by Gasteiger charge is 2.26. The van der Waals surface area contributed by atoms with Gasteiger partial charge in [-0.2, -0.15) is 5.10 Å². The Balaban J connectivity index is 3.00. The van der Waals surface area contributed by atoms with E-state index in [1.807, 2.05) is 6.92 Å². The lowest BCUT2D eigenvalue weighted by molar-refractivity contribution is -0.386. The molecule has 1 unspecified atom stereocenters. The Kier molecular flexibility index (Phi) is 5.14. The molecule has 6 heteroatoms. The summed E-state index contributed by atoms with van der Waals surface area (Å²) in [6.45, 7) is 6.04. The van der Waals surface area contributed by atoms with Crippen molar-refractivity contribution >= 4 is 17.3 Å². The summed E-state index contributed by atoms with van der Waals surface area (Å²) < 4.78 is 1.59. The van der Waals surface area contributed by atoms with E-state index in [4.69, 9.17) is 11.6 Å². The Morgan fingerprint density at radius 3 is 2.56 bits per heavy atom. The van der Waals surface area contributed by atoms with E-state index in [1.165, 1.54) is 0 Å². The molecule has 5 nitrogen and oxygen atoms in total. The molecule has 0 aromatic carbocycles. The number of aromatic nitrogens is 2. The van der Waals surface area contributed by atoms with Gasteiger partial charge in [-0.05, 0) is 18.8 Å². The van der Waals surface area contributed by atoms with Crippen molar-refractivity contribution in [1.29, 1.82) is 0 Å². The summed E-state index contributed by atoms with van der Waals surface area (Å²) in [5.74, 6) is 0.477. The summed E-state index contributed by atoms with van der Waals surface area (Å²) in [5, 5.41) is 15.2. The minimum absolute atomic E-state index is 0.0937. The van der Waals surface area contributed by atoms with E-state index < -0.39 is 0 Å². The van der Waals surface area contributed by atoms with Crippen molar-refractivity contribution < 1.29 is 4.92 Å². The molecule has 1 aromatic heterocycles. The van der Waals surface area contributed by atoms with Gasteiger partial charge in [0.15, 0.2) is 0 Å². The highest BCUT2D eigenvalue weighted by molar-refractivity contribution is 6.20. The number of hydrogen-bond acceptors (Lipinski definition) is 3. The molecule has 1 atom stereocenters. The Labute approximate surface area is 112 Å². The molecule has 0 aliphatic carbocycles. The highest BCUT2D eigenvalue weighted by Crippen LogP contribution is 2.27. The van der Waals surface area contributed by atoms with Crippen molar-refractivity contribution in [2.45, 2.75) is 45.4 Å². The van der Waals surface area contributed by atoms with Crippen LogP contribution in [-0.4, -0.2) is 20.1 Å². The second-order valence-electron chi connectivity index (χ2n) is 4.91. The lowest BCUT2D eigenvalue weighted by Crippen LogP contribution is -2.11. The number of aryl methyl sites for hydroxylation is 2. The fourth-order valence-electron chi connectivity index (χ4n) is 2.09. The summed E-state index contributed by atoms with van der Waals surface area (Å²) in [5.41, 5.74) is 1.29. The van der Waals surface area contributed by atoms with Gasteiger partial charge in [0, 0.05) is 18.8 Å². The lowest BCUT2D eigenvalue weighted by Gasteiger charge is -2.11. The number of halogens is 1. The molecule has 0 saturated heterocycles. The van der Waals surface area contributed by atoms with Crippen molar-refractivity contribution in [3.05, 3.63) is 21.5 Å². The van der Waals surface area contributed by atoms with E-state index in [2.05, 4.69) is 18.9 Å². The van der Waals surface area contributed by atoms with Gasteiger partial charge in [-0.3, -0.25) is 14.8 Å². The second kappa shape index (κ2) is 6.18. The van der Waals surface area contributed by atoms with Crippen LogP contribution in [0.1, 0.15) is 38.6 Å². The monoisotopic (exact) mass is 273 g/mol. The molecule has 18 heavy (non-hydrogen) atoms. The number of rotatable bonds is 6. The molecular formula is C12H20ClN3O2. The maximum Gasteiger partial charge on any atom is 0.313 e. The molecule has 1 rings (SSSR count). The summed E-state index contributed by atoms with van der Waals surface area (Å²) in [7, 11) is 1.74. The third kappa shape index (κ3) is 3.45. The fourth-order valence-corrected chi connectivity index (χ4v) is 2.59. The fraction of sp³-hybridized carbons (Fsp3) is 0.750. The smallest absolute Gasteiger partial charge is 0.265 e. The Hall–Kier alpha value is -1.10. The van der Waals surface area contributed by atoms with Crippen LogP contribution in [0.2, 0.25) is 0 Å². The van der Waals surface area contributed by atoms with Gasteiger partial charge in [0.2, 0.25) is 0 Å².